The van der Waals surface area contributed by atoms with Crippen LogP contribution in [0.4, 0.5) is 0 Å². The lowest BCUT2D eigenvalue weighted by Gasteiger charge is -2.30. The number of amides is 1. The molecule has 1 aromatic rings. The number of fused-ring (bicyclic) bond motifs is 1. The quantitative estimate of drug-likeness (QED) is 0.403. The highest BCUT2D eigenvalue weighted by Crippen LogP contribution is 2.31. The average molecular weight is 249 g/mol. The molecule has 0 bridgehead atoms. The third-order valence-electron chi connectivity index (χ3n) is 3.66. The Labute approximate surface area is 107 Å². The Bertz CT molecular complexity index is 472. The first kappa shape index (κ1) is 12.9. The van der Waals surface area contributed by atoms with Crippen molar-refractivity contribution in [1.29, 1.82) is 0 Å². The van der Waals surface area contributed by atoms with E-state index in [1.165, 1.54) is 0 Å². The second kappa shape index (κ2) is 4.96. The van der Waals surface area contributed by atoms with Gasteiger partial charge in [-0.25, -0.2) is 5.84 Å². The zero-order chi connectivity index (χ0) is 13.3. The first-order valence-corrected chi connectivity index (χ1v) is 6.05. The molecular formula is C13H19N3O2. The van der Waals surface area contributed by atoms with Gasteiger partial charge in [0.2, 0.25) is 0 Å². The van der Waals surface area contributed by atoms with Crippen molar-refractivity contribution in [2.45, 2.75) is 25.3 Å². The van der Waals surface area contributed by atoms with Crippen LogP contribution in [0.2, 0.25) is 0 Å². The number of carbonyl (C=O) groups is 1. The standard InChI is InChI=1S/C13H19N3O2/c1-16(2)9-4-5-10-8(7-9)3-6-11(17)12(10)13(18)15-14/h3,6,9,17H,4-5,7,14H2,1-2H3,(H,15,18). The van der Waals surface area contributed by atoms with Crippen molar-refractivity contribution < 1.29 is 9.90 Å². The van der Waals surface area contributed by atoms with E-state index in [-0.39, 0.29) is 5.75 Å². The third kappa shape index (κ3) is 2.19. The van der Waals surface area contributed by atoms with Crippen LogP contribution in [0.3, 0.4) is 0 Å². The highest BCUT2D eigenvalue weighted by molar-refractivity contribution is 5.98. The summed E-state index contributed by atoms with van der Waals surface area (Å²) in [6, 6.07) is 3.95. The Morgan fingerprint density at radius 3 is 2.83 bits per heavy atom. The van der Waals surface area contributed by atoms with E-state index in [4.69, 9.17) is 5.84 Å². The summed E-state index contributed by atoms with van der Waals surface area (Å²) in [5, 5.41) is 9.82. The van der Waals surface area contributed by atoms with Gasteiger partial charge < -0.3 is 10.0 Å². The van der Waals surface area contributed by atoms with Crippen LogP contribution >= 0.6 is 0 Å². The van der Waals surface area contributed by atoms with Crippen molar-refractivity contribution in [3.8, 4) is 5.75 Å². The number of phenolic OH excluding ortho intramolecular Hbond substituents is 1. The molecule has 18 heavy (non-hydrogen) atoms. The van der Waals surface area contributed by atoms with Gasteiger partial charge in [0.25, 0.3) is 5.91 Å². The van der Waals surface area contributed by atoms with E-state index in [1.807, 2.05) is 6.07 Å². The maximum Gasteiger partial charge on any atom is 0.269 e. The summed E-state index contributed by atoms with van der Waals surface area (Å²) in [6.07, 6.45) is 2.66. The zero-order valence-corrected chi connectivity index (χ0v) is 10.7. The first-order valence-electron chi connectivity index (χ1n) is 6.05. The normalized spacial score (nSPS) is 18.6. The molecule has 1 aliphatic rings. The number of nitrogens with two attached hydrogens (primary N) is 1. The maximum absolute atomic E-state index is 11.7. The predicted octanol–water partition coefficient (Wildman–Crippen LogP) is 0.415. The van der Waals surface area contributed by atoms with Crippen molar-refractivity contribution in [2.75, 3.05) is 14.1 Å². The minimum Gasteiger partial charge on any atom is -0.507 e. The molecule has 1 aliphatic carbocycles. The summed E-state index contributed by atoms with van der Waals surface area (Å²) in [6.45, 7) is 0. The number of nitrogens with one attached hydrogen (secondary N) is 1. The molecule has 0 saturated carbocycles. The smallest absolute Gasteiger partial charge is 0.269 e. The second-order valence-electron chi connectivity index (χ2n) is 4.93. The molecule has 1 unspecified atom stereocenters. The Kier molecular flexibility index (Phi) is 3.54. The van der Waals surface area contributed by atoms with Gasteiger partial charge in [0.05, 0.1) is 5.56 Å². The molecule has 0 radical (unpaired) electrons. The number of phenols is 1. The number of hydrazine groups is 1. The predicted molar refractivity (Wildman–Crippen MR) is 69.3 cm³/mol. The third-order valence-corrected chi connectivity index (χ3v) is 3.66. The van der Waals surface area contributed by atoms with Gasteiger partial charge in [0.15, 0.2) is 0 Å². The van der Waals surface area contributed by atoms with Crippen molar-refractivity contribution in [1.82, 2.24) is 10.3 Å². The van der Waals surface area contributed by atoms with Gasteiger partial charge in [-0.1, -0.05) is 6.07 Å². The van der Waals surface area contributed by atoms with Gasteiger partial charge in [0.1, 0.15) is 5.75 Å². The summed E-state index contributed by atoms with van der Waals surface area (Å²) in [5.41, 5.74) is 4.47. The number of hydrogen-bond donors (Lipinski definition) is 3. The van der Waals surface area contributed by atoms with Crippen LogP contribution < -0.4 is 11.3 Å². The molecule has 1 aromatic carbocycles. The van der Waals surface area contributed by atoms with Crippen LogP contribution in [-0.2, 0) is 12.8 Å². The lowest BCUT2D eigenvalue weighted by molar-refractivity contribution is 0.0949. The summed E-state index contributed by atoms with van der Waals surface area (Å²) in [4.78, 5) is 13.9. The number of nitrogen functional groups attached to an aromatic ring is 1. The average Bonchev–Trinajstić information content (AvgIpc) is 2.37. The Balaban J connectivity index is 2.41. The molecule has 4 N–H and O–H groups in total. The van der Waals surface area contributed by atoms with Crippen LogP contribution in [0.25, 0.3) is 0 Å². The lowest BCUT2D eigenvalue weighted by Crippen LogP contribution is -2.36. The minimum atomic E-state index is -0.423. The SMILES string of the molecule is CN(C)C1CCc2c(ccc(O)c2C(=O)NN)C1. The van der Waals surface area contributed by atoms with E-state index in [9.17, 15) is 9.90 Å². The number of carbonyl (C=O) groups excluding carboxylic acids is 1. The number of aromatic hydroxyl groups is 1. The highest BCUT2D eigenvalue weighted by atomic mass is 16.3. The van der Waals surface area contributed by atoms with E-state index >= 15 is 0 Å². The Hall–Kier alpha value is -1.59. The molecule has 0 spiro atoms. The van der Waals surface area contributed by atoms with Crippen LogP contribution in [0, 0.1) is 0 Å². The Morgan fingerprint density at radius 1 is 1.50 bits per heavy atom. The van der Waals surface area contributed by atoms with E-state index in [2.05, 4.69) is 24.4 Å². The van der Waals surface area contributed by atoms with E-state index in [0.29, 0.717) is 11.6 Å². The largest absolute Gasteiger partial charge is 0.507 e. The lowest BCUT2D eigenvalue weighted by atomic mass is 9.84. The second-order valence-corrected chi connectivity index (χ2v) is 4.93. The van der Waals surface area contributed by atoms with Gasteiger partial charge in [-0.15, -0.1) is 0 Å². The number of likely N-dealkylation sites (N-methyl/N-ethyl adjacent to an activating group) is 1. The molecule has 0 aromatic heterocycles. The molecule has 1 amide bonds. The van der Waals surface area contributed by atoms with Crippen molar-refractivity contribution >= 4 is 5.91 Å². The number of nitrogens with zero attached hydrogens (tertiary/aromatic N) is 1. The van der Waals surface area contributed by atoms with Gasteiger partial charge in [-0.3, -0.25) is 10.2 Å². The van der Waals surface area contributed by atoms with Gasteiger partial charge in [-0.2, -0.15) is 0 Å². The molecule has 98 valence electrons. The number of hydrogen-bond acceptors (Lipinski definition) is 4. The van der Waals surface area contributed by atoms with Gasteiger partial charge in [-0.05, 0) is 50.6 Å². The fourth-order valence-electron chi connectivity index (χ4n) is 2.59. The summed E-state index contributed by atoms with van der Waals surface area (Å²) >= 11 is 0. The van der Waals surface area contributed by atoms with Crippen molar-refractivity contribution in [3.05, 3.63) is 28.8 Å². The summed E-state index contributed by atoms with van der Waals surface area (Å²) < 4.78 is 0. The van der Waals surface area contributed by atoms with Gasteiger partial charge in [0, 0.05) is 6.04 Å². The zero-order valence-electron chi connectivity index (χ0n) is 10.7. The van der Waals surface area contributed by atoms with Crippen molar-refractivity contribution in [3.63, 3.8) is 0 Å². The molecule has 2 rings (SSSR count). The van der Waals surface area contributed by atoms with E-state index < -0.39 is 5.91 Å². The molecule has 0 aliphatic heterocycles. The highest BCUT2D eigenvalue weighted by Gasteiger charge is 2.26. The fourth-order valence-corrected chi connectivity index (χ4v) is 2.59. The molecule has 1 atom stereocenters. The fraction of sp³-hybridized carbons (Fsp3) is 0.462. The molecule has 0 heterocycles. The Morgan fingerprint density at radius 2 is 2.22 bits per heavy atom. The molecule has 5 nitrogen and oxygen atoms in total. The minimum absolute atomic E-state index is 0.00000283. The monoisotopic (exact) mass is 249 g/mol. The van der Waals surface area contributed by atoms with Crippen molar-refractivity contribution in [2.24, 2.45) is 5.84 Å². The molecular weight excluding hydrogens is 230 g/mol. The number of rotatable bonds is 2. The topological polar surface area (TPSA) is 78.6 Å². The van der Waals surface area contributed by atoms with Crippen LogP contribution in [0.5, 0.6) is 5.75 Å². The maximum atomic E-state index is 11.7. The number of benzene rings is 1. The van der Waals surface area contributed by atoms with Crippen LogP contribution in [0.1, 0.15) is 27.9 Å². The summed E-state index contributed by atoms with van der Waals surface area (Å²) in [7, 11) is 4.12. The van der Waals surface area contributed by atoms with Gasteiger partial charge >= 0.3 is 0 Å². The van der Waals surface area contributed by atoms with E-state index in [1.54, 1.807) is 6.07 Å². The molecule has 5 heteroatoms. The first-order chi connectivity index (χ1) is 8.54. The van der Waals surface area contributed by atoms with Crippen LogP contribution in [0.15, 0.2) is 12.1 Å². The van der Waals surface area contributed by atoms with E-state index in [0.717, 1.165) is 30.4 Å². The molecule has 0 fully saturated rings. The summed E-state index contributed by atoms with van der Waals surface area (Å²) in [5.74, 6) is 4.74. The molecule has 0 saturated heterocycles. The van der Waals surface area contributed by atoms with Crippen LogP contribution in [-0.4, -0.2) is 36.1 Å².